The van der Waals surface area contributed by atoms with E-state index in [1.807, 2.05) is 12.1 Å². The Bertz CT molecular complexity index is 371. The molecule has 94 valence electrons. The zero-order valence-corrected chi connectivity index (χ0v) is 11.1. The third-order valence-corrected chi connectivity index (χ3v) is 3.73. The number of likely N-dealkylation sites (tertiary alicyclic amines) is 1. The monoisotopic (exact) mass is 232 g/mol. The maximum Gasteiger partial charge on any atom is 0.0347 e. The summed E-state index contributed by atoms with van der Waals surface area (Å²) in [6.45, 7) is 8.35. The first-order chi connectivity index (χ1) is 8.07. The Hall–Kier alpha value is -1.02. The number of nitrogen functional groups attached to an aromatic ring is 1. The first-order valence-electron chi connectivity index (χ1n) is 6.63. The zero-order chi connectivity index (χ0) is 12.3. The van der Waals surface area contributed by atoms with Crippen molar-refractivity contribution in [2.45, 2.75) is 33.1 Å². The van der Waals surface area contributed by atoms with Gasteiger partial charge in [0.15, 0.2) is 0 Å². The highest BCUT2D eigenvalue weighted by atomic mass is 15.1. The Balaban J connectivity index is 1.88. The minimum Gasteiger partial charge on any atom is -0.399 e. The van der Waals surface area contributed by atoms with Crippen LogP contribution in [0.15, 0.2) is 24.3 Å². The summed E-state index contributed by atoms with van der Waals surface area (Å²) >= 11 is 0. The van der Waals surface area contributed by atoms with Crippen LogP contribution < -0.4 is 5.73 Å². The van der Waals surface area contributed by atoms with Gasteiger partial charge in [0.05, 0.1) is 0 Å². The highest BCUT2D eigenvalue weighted by molar-refractivity contribution is 5.46. The lowest BCUT2D eigenvalue weighted by Crippen LogP contribution is -2.41. The SMILES string of the molecule is CC1(C)CCCN(CCc2ccccc2N)C1. The molecule has 1 heterocycles. The second-order valence-corrected chi connectivity index (χ2v) is 5.99. The molecule has 0 aromatic heterocycles. The maximum absolute atomic E-state index is 5.97. The number of piperidine rings is 1. The van der Waals surface area contributed by atoms with E-state index in [1.165, 1.54) is 31.5 Å². The highest BCUT2D eigenvalue weighted by Crippen LogP contribution is 2.28. The number of para-hydroxylation sites is 1. The molecule has 1 aliphatic rings. The van der Waals surface area contributed by atoms with E-state index in [0.717, 1.165) is 18.7 Å². The summed E-state index contributed by atoms with van der Waals surface area (Å²) in [5.74, 6) is 0. The predicted octanol–water partition coefficient (Wildman–Crippen LogP) is 2.93. The quantitative estimate of drug-likeness (QED) is 0.812. The normalized spacial score (nSPS) is 20.4. The topological polar surface area (TPSA) is 29.3 Å². The molecule has 0 unspecified atom stereocenters. The van der Waals surface area contributed by atoms with Gasteiger partial charge in [0.25, 0.3) is 0 Å². The van der Waals surface area contributed by atoms with Crippen LogP contribution in [0.5, 0.6) is 0 Å². The van der Waals surface area contributed by atoms with Gasteiger partial charge in [0.2, 0.25) is 0 Å². The van der Waals surface area contributed by atoms with Gasteiger partial charge in [-0.1, -0.05) is 32.0 Å². The van der Waals surface area contributed by atoms with Gasteiger partial charge in [0.1, 0.15) is 0 Å². The number of nitrogens with zero attached hydrogens (tertiary/aromatic N) is 1. The van der Waals surface area contributed by atoms with Gasteiger partial charge in [-0.3, -0.25) is 0 Å². The third-order valence-electron chi connectivity index (χ3n) is 3.73. The van der Waals surface area contributed by atoms with Gasteiger partial charge < -0.3 is 10.6 Å². The zero-order valence-electron chi connectivity index (χ0n) is 11.1. The van der Waals surface area contributed by atoms with E-state index in [1.54, 1.807) is 0 Å². The second kappa shape index (κ2) is 5.09. The van der Waals surface area contributed by atoms with Crippen LogP contribution in [0.2, 0.25) is 0 Å². The lowest BCUT2D eigenvalue weighted by molar-refractivity contribution is 0.119. The molecule has 2 N–H and O–H groups in total. The van der Waals surface area contributed by atoms with E-state index in [4.69, 9.17) is 5.73 Å². The molecule has 1 saturated heterocycles. The Kier molecular flexibility index (Phi) is 3.72. The molecule has 0 aliphatic carbocycles. The van der Waals surface area contributed by atoms with Crippen LogP contribution in [0.3, 0.4) is 0 Å². The Labute approximate surface area is 105 Å². The van der Waals surface area contributed by atoms with Gasteiger partial charge in [-0.15, -0.1) is 0 Å². The summed E-state index contributed by atoms with van der Waals surface area (Å²) in [5, 5.41) is 0. The van der Waals surface area contributed by atoms with Crippen LogP contribution in [0.1, 0.15) is 32.3 Å². The van der Waals surface area contributed by atoms with Crippen molar-refractivity contribution in [3.8, 4) is 0 Å². The molecule has 1 aromatic carbocycles. The molecule has 1 fully saturated rings. The number of anilines is 1. The number of nitrogens with two attached hydrogens (primary N) is 1. The Morgan fingerprint density at radius 2 is 2.06 bits per heavy atom. The number of hydrogen-bond donors (Lipinski definition) is 1. The van der Waals surface area contributed by atoms with Gasteiger partial charge in [-0.05, 0) is 42.9 Å². The fourth-order valence-electron chi connectivity index (χ4n) is 2.78. The largest absolute Gasteiger partial charge is 0.399 e. The molecule has 17 heavy (non-hydrogen) atoms. The van der Waals surface area contributed by atoms with Crippen molar-refractivity contribution in [3.05, 3.63) is 29.8 Å². The fraction of sp³-hybridized carbons (Fsp3) is 0.600. The summed E-state index contributed by atoms with van der Waals surface area (Å²) < 4.78 is 0. The minimum absolute atomic E-state index is 0.487. The first kappa shape index (κ1) is 12.4. The van der Waals surface area contributed by atoms with Crippen molar-refractivity contribution in [1.82, 2.24) is 4.90 Å². The van der Waals surface area contributed by atoms with Crippen LogP contribution in [0.4, 0.5) is 5.69 Å². The molecule has 2 heteroatoms. The summed E-state index contributed by atoms with van der Waals surface area (Å²) in [6, 6.07) is 8.22. The van der Waals surface area contributed by atoms with Crippen molar-refractivity contribution >= 4 is 5.69 Å². The van der Waals surface area contributed by atoms with Crippen LogP contribution >= 0.6 is 0 Å². The molecule has 1 aromatic rings. The molecule has 2 nitrogen and oxygen atoms in total. The van der Waals surface area contributed by atoms with Crippen LogP contribution in [0, 0.1) is 5.41 Å². The van der Waals surface area contributed by atoms with Crippen molar-refractivity contribution in [2.75, 3.05) is 25.4 Å². The molecule has 0 saturated carbocycles. The van der Waals surface area contributed by atoms with Gasteiger partial charge in [-0.25, -0.2) is 0 Å². The van der Waals surface area contributed by atoms with E-state index in [0.29, 0.717) is 5.41 Å². The van der Waals surface area contributed by atoms with Crippen molar-refractivity contribution in [1.29, 1.82) is 0 Å². The van der Waals surface area contributed by atoms with E-state index in [2.05, 4.69) is 30.9 Å². The molecule has 0 atom stereocenters. The number of rotatable bonds is 3. The van der Waals surface area contributed by atoms with E-state index in [9.17, 15) is 0 Å². The fourth-order valence-corrected chi connectivity index (χ4v) is 2.78. The summed E-state index contributed by atoms with van der Waals surface area (Å²) in [7, 11) is 0. The molecule has 1 aliphatic heterocycles. The van der Waals surface area contributed by atoms with Gasteiger partial charge in [0, 0.05) is 18.8 Å². The third kappa shape index (κ3) is 3.47. The molecule has 0 radical (unpaired) electrons. The molecule has 2 rings (SSSR count). The lowest BCUT2D eigenvalue weighted by atomic mass is 9.84. The predicted molar refractivity (Wildman–Crippen MR) is 74.0 cm³/mol. The average molecular weight is 232 g/mol. The van der Waals surface area contributed by atoms with Crippen LogP contribution in [-0.4, -0.2) is 24.5 Å². The number of benzene rings is 1. The standard InChI is InChI=1S/C15H24N2/c1-15(2)9-5-10-17(12-15)11-8-13-6-3-4-7-14(13)16/h3-4,6-7H,5,8-12,16H2,1-2H3. The minimum atomic E-state index is 0.487. The first-order valence-corrected chi connectivity index (χ1v) is 6.63. The highest BCUT2D eigenvalue weighted by Gasteiger charge is 2.25. The van der Waals surface area contributed by atoms with Crippen molar-refractivity contribution in [3.63, 3.8) is 0 Å². The van der Waals surface area contributed by atoms with Crippen molar-refractivity contribution < 1.29 is 0 Å². The van der Waals surface area contributed by atoms with E-state index in [-0.39, 0.29) is 0 Å². The molecular weight excluding hydrogens is 208 g/mol. The summed E-state index contributed by atoms with van der Waals surface area (Å²) in [4.78, 5) is 2.58. The Morgan fingerprint density at radius 3 is 2.76 bits per heavy atom. The van der Waals surface area contributed by atoms with E-state index >= 15 is 0 Å². The second-order valence-electron chi connectivity index (χ2n) is 5.99. The average Bonchev–Trinajstić information content (AvgIpc) is 2.27. The molecule has 0 amide bonds. The van der Waals surface area contributed by atoms with Gasteiger partial charge >= 0.3 is 0 Å². The number of hydrogen-bond acceptors (Lipinski definition) is 2. The molecule has 0 spiro atoms. The van der Waals surface area contributed by atoms with Crippen LogP contribution in [0.25, 0.3) is 0 Å². The molecular formula is C15H24N2. The summed E-state index contributed by atoms with van der Waals surface area (Å²) in [5.41, 5.74) is 8.68. The van der Waals surface area contributed by atoms with E-state index < -0.39 is 0 Å². The smallest absolute Gasteiger partial charge is 0.0347 e. The summed E-state index contributed by atoms with van der Waals surface area (Å²) in [6.07, 6.45) is 3.76. The molecule has 0 bridgehead atoms. The maximum atomic E-state index is 5.97. The van der Waals surface area contributed by atoms with Gasteiger partial charge in [-0.2, -0.15) is 0 Å². The lowest BCUT2D eigenvalue weighted by Gasteiger charge is -2.38. The van der Waals surface area contributed by atoms with Crippen molar-refractivity contribution in [2.24, 2.45) is 5.41 Å². The van der Waals surface area contributed by atoms with Crippen LogP contribution in [-0.2, 0) is 6.42 Å². The Morgan fingerprint density at radius 1 is 1.29 bits per heavy atom.